The zero-order valence-corrected chi connectivity index (χ0v) is 13.7. The molecule has 0 spiro atoms. The molecule has 1 aliphatic rings. The highest BCUT2D eigenvalue weighted by Crippen LogP contribution is 2.17. The number of amides is 1. The highest BCUT2D eigenvalue weighted by atomic mass is 16.6. The van der Waals surface area contributed by atoms with Gasteiger partial charge in [0.05, 0.1) is 25.9 Å². The van der Waals surface area contributed by atoms with Crippen molar-refractivity contribution in [2.45, 2.75) is 45.3 Å². The Labute approximate surface area is 131 Å². The van der Waals surface area contributed by atoms with Crippen molar-refractivity contribution in [2.24, 2.45) is 5.11 Å². The second kappa shape index (κ2) is 9.50. The summed E-state index contributed by atoms with van der Waals surface area (Å²) in [7, 11) is 0. The Kier molecular flexibility index (Phi) is 8.01. The molecule has 0 aromatic heterocycles. The first-order valence-corrected chi connectivity index (χ1v) is 7.60. The van der Waals surface area contributed by atoms with Gasteiger partial charge in [0.15, 0.2) is 0 Å². The first-order chi connectivity index (χ1) is 10.4. The molecule has 0 bridgehead atoms. The third-order valence-electron chi connectivity index (χ3n) is 3.07. The lowest BCUT2D eigenvalue weighted by atomic mass is 10.1. The van der Waals surface area contributed by atoms with E-state index in [0.717, 1.165) is 12.8 Å². The first-order valence-electron chi connectivity index (χ1n) is 7.60. The molecular weight excluding hydrogens is 288 g/mol. The number of nitrogens with zero attached hydrogens (tertiary/aromatic N) is 4. The van der Waals surface area contributed by atoms with E-state index < -0.39 is 5.60 Å². The minimum absolute atomic E-state index is 0.152. The lowest BCUT2D eigenvalue weighted by Gasteiger charge is -2.33. The molecule has 0 atom stereocenters. The summed E-state index contributed by atoms with van der Waals surface area (Å²) in [6.45, 7) is 8.62. The van der Waals surface area contributed by atoms with Crippen LogP contribution in [0.1, 0.15) is 33.6 Å². The second-order valence-corrected chi connectivity index (χ2v) is 6.10. The summed E-state index contributed by atoms with van der Waals surface area (Å²) in [5.41, 5.74) is 7.64. The molecular formula is C14H26N4O4. The molecule has 22 heavy (non-hydrogen) atoms. The number of hydrogen-bond acceptors (Lipinski definition) is 5. The van der Waals surface area contributed by atoms with Gasteiger partial charge in [-0.3, -0.25) is 0 Å². The third kappa shape index (κ3) is 8.07. The molecule has 0 saturated carbocycles. The average molecular weight is 314 g/mol. The fraction of sp³-hybridized carbons (Fsp3) is 0.929. The van der Waals surface area contributed by atoms with Crippen LogP contribution in [0.15, 0.2) is 5.11 Å². The van der Waals surface area contributed by atoms with Gasteiger partial charge in [0.25, 0.3) is 0 Å². The van der Waals surface area contributed by atoms with Gasteiger partial charge < -0.3 is 19.1 Å². The van der Waals surface area contributed by atoms with Crippen molar-refractivity contribution in [3.8, 4) is 0 Å². The quantitative estimate of drug-likeness (QED) is 0.312. The topological polar surface area (TPSA) is 96.8 Å². The van der Waals surface area contributed by atoms with Crippen LogP contribution in [0, 0.1) is 0 Å². The molecule has 0 aromatic carbocycles. The molecule has 8 nitrogen and oxygen atoms in total. The molecule has 126 valence electrons. The fourth-order valence-corrected chi connectivity index (χ4v) is 2.06. The maximum absolute atomic E-state index is 11.9. The Hall–Kier alpha value is -1.50. The largest absolute Gasteiger partial charge is 0.444 e. The molecule has 1 rings (SSSR count). The maximum Gasteiger partial charge on any atom is 0.410 e. The summed E-state index contributed by atoms with van der Waals surface area (Å²) in [6, 6.07) is 0. The maximum atomic E-state index is 11.9. The smallest absolute Gasteiger partial charge is 0.410 e. The van der Waals surface area contributed by atoms with E-state index in [0.29, 0.717) is 39.5 Å². The van der Waals surface area contributed by atoms with E-state index in [1.54, 1.807) is 4.90 Å². The number of carbonyl (C=O) groups is 1. The number of hydrogen-bond donors (Lipinski definition) is 0. The third-order valence-corrected chi connectivity index (χ3v) is 3.07. The zero-order valence-electron chi connectivity index (χ0n) is 13.7. The van der Waals surface area contributed by atoms with Gasteiger partial charge in [-0.2, -0.15) is 0 Å². The van der Waals surface area contributed by atoms with Gasteiger partial charge in [-0.25, -0.2) is 4.79 Å². The van der Waals surface area contributed by atoms with Crippen LogP contribution < -0.4 is 0 Å². The summed E-state index contributed by atoms with van der Waals surface area (Å²) in [5, 5.41) is 3.37. The normalized spacial score (nSPS) is 16.2. The van der Waals surface area contributed by atoms with Crippen LogP contribution in [-0.4, -0.2) is 62.2 Å². The van der Waals surface area contributed by atoms with Crippen molar-refractivity contribution in [2.75, 3.05) is 39.5 Å². The Morgan fingerprint density at radius 3 is 2.55 bits per heavy atom. The van der Waals surface area contributed by atoms with Gasteiger partial charge in [-0.1, -0.05) is 5.11 Å². The van der Waals surface area contributed by atoms with E-state index in [1.165, 1.54) is 0 Å². The van der Waals surface area contributed by atoms with E-state index in [4.69, 9.17) is 19.7 Å². The van der Waals surface area contributed by atoms with Gasteiger partial charge in [0.1, 0.15) is 5.60 Å². The lowest BCUT2D eigenvalue weighted by Crippen LogP contribution is -2.43. The highest BCUT2D eigenvalue weighted by molar-refractivity contribution is 5.68. The second-order valence-electron chi connectivity index (χ2n) is 6.10. The molecule has 0 aliphatic carbocycles. The number of rotatable bonds is 7. The van der Waals surface area contributed by atoms with Crippen molar-refractivity contribution in [3.05, 3.63) is 10.4 Å². The van der Waals surface area contributed by atoms with Crippen molar-refractivity contribution >= 4 is 6.09 Å². The summed E-state index contributed by atoms with van der Waals surface area (Å²) >= 11 is 0. The molecule has 1 heterocycles. The van der Waals surface area contributed by atoms with Crippen LogP contribution in [0.3, 0.4) is 0 Å². The van der Waals surface area contributed by atoms with Crippen molar-refractivity contribution in [1.29, 1.82) is 0 Å². The predicted octanol–water partition coefficient (Wildman–Crippen LogP) is 2.73. The molecule has 1 amide bonds. The van der Waals surface area contributed by atoms with Gasteiger partial charge in [-0.15, -0.1) is 0 Å². The molecule has 1 aliphatic heterocycles. The van der Waals surface area contributed by atoms with Crippen LogP contribution in [0.25, 0.3) is 10.4 Å². The molecule has 0 N–H and O–H groups in total. The Bertz CT molecular complexity index is 383. The predicted molar refractivity (Wildman–Crippen MR) is 81.6 cm³/mol. The molecule has 1 fully saturated rings. The molecule has 8 heteroatoms. The minimum atomic E-state index is -0.461. The summed E-state index contributed by atoms with van der Waals surface area (Å²) in [6.07, 6.45) is 1.50. The number of carbonyl (C=O) groups excluding carboxylic acids is 1. The van der Waals surface area contributed by atoms with Crippen molar-refractivity contribution < 1.29 is 19.0 Å². The summed E-state index contributed by atoms with van der Waals surface area (Å²) < 4.78 is 16.3. The van der Waals surface area contributed by atoms with Crippen molar-refractivity contribution in [3.63, 3.8) is 0 Å². The summed E-state index contributed by atoms with van der Waals surface area (Å²) in [4.78, 5) is 16.3. The van der Waals surface area contributed by atoms with Crippen LogP contribution in [-0.2, 0) is 14.2 Å². The Morgan fingerprint density at radius 1 is 1.27 bits per heavy atom. The van der Waals surface area contributed by atoms with Crippen LogP contribution in [0.2, 0.25) is 0 Å². The number of piperidine rings is 1. The van der Waals surface area contributed by atoms with Gasteiger partial charge in [0, 0.05) is 24.5 Å². The monoisotopic (exact) mass is 314 g/mol. The zero-order chi connectivity index (χ0) is 16.4. The highest BCUT2D eigenvalue weighted by Gasteiger charge is 2.26. The van der Waals surface area contributed by atoms with E-state index in [9.17, 15) is 4.79 Å². The molecule has 1 saturated heterocycles. The SMILES string of the molecule is CC(C)(C)OC(=O)N1CCC(OCCOCCN=[N+]=[N-])CC1. The summed E-state index contributed by atoms with van der Waals surface area (Å²) in [5.74, 6) is 0. The fourth-order valence-electron chi connectivity index (χ4n) is 2.06. The van der Waals surface area contributed by atoms with Gasteiger partial charge >= 0.3 is 6.09 Å². The lowest BCUT2D eigenvalue weighted by molar-refractivity contribution is -0.0285. The van der Waals surface area contributed by atoms with Crippen LogP contribution in [0.4, 0.5) is 4.79 Å². The van der Waals surface area contributed by atoms with Gasteiger partial charge in [-0.05, 0) is 39.1 Å². The van der Waals surface area contributed by atoms with Crippen LogP contribution >= 0.6 is 0 Å². The molecule has 0 radical (unpaired) electrons. The molecule has 0 unspecified atom stereocenters. The Balaban J connectivity index is 2.10. The average Bonchev–Trinajstić information content (AvgIpc) is 2.45. The van der Waals surface area contributed by atoms with E-state index in [1.807, 2.05) is 20.8 Å². The van der Waals surface area contributed by atoms with Crippen molar-refractivity contribution in [1.82, 2.24) is 4.90 Å². The number of likely N-dealkylation sites (tertiary alicyclic amines) is 1. The van der Waals surface area contributed by atoms with E-state index >= 15 is 0 Å². The van der Waals surface area contributed by atoms with E-state index in [2.05, 4.69) is 10.0 Å². The first kappa shape index (κ1) is 18.5. The van der Waals surface area contributed by atoms with Gasteiger partial charge in [0.2, 0.25) is 0 Å². The number of ether oxygens (including phenoxy) is 3. The number of azide groups is 1. The minimum Gasteiger partial charge on any atom is -0.444 e. The van der Waals surface area contributed by atoms with E-state index in [-0.39, 0.29) is 12.2 Å². The molecule has 0 aromatic rings. The Morgan fingerprint density at radius 2 is 1.95 bits per heavy atom. The standard InChI is InChI=1S/C14H26N4O4/c1-14(2,3)22-13(19)18-7-4-12(5-8-18)21-11-10-20-9-6-16-17-15/h12H,4-11H2,1-3H3. The van der Waals surface area contributed by atoms with Crippen LogP contribution in [0.5, 0.6) is 0 Å².